The first-order chi connectivity index (χ1) is 10.2. The highest BCUT2D eigenvalue weighted by Crippen LogP contribution is 2.29. The highest BCUT2D eigenvalue weighted by atomic mass is 16.5. The van der Waals surface area contributed by atoms with E-state index in [-0.39, 0.29) is 0 Å². The van der Waals surface area contributed by atoms with Gasteiger partial charge in [0.2, 0.25) is 0 Å². The van der Waals surface area contributed by atoms with Gasteiger partial charge in [0, 0.05) is 25.2 Å². The van der Waals surface area contributed by atoms with Crippen LogP contribution in [0.15, 0.2) is 24.3 Å². The Morgan fingerprint density at radius 1 is 1.14 bits per heavy atom. The number of likely N-dealkylation sites (N-methyl/N-ethyl adjacent to an activating group) is 1. The molecule has 0 aromatic heterocycles. The van der Waals surface area contributed by atoms with Crippen LogP contribution in [0.2, 0.25) is 0 Å². The van der Waals surface area contributed by atoms with Crippen LogP contribution in [-0.4, -0.2) is 44.2 Å². The number of nitrogens with one attached hydrogen (secondary N) is 1. The molecule has 3 heteroatoms. The highest BCUT2D eigenvalue weighted by molar-refractivity contribution is 5.31. The van der Waals surface area contributed by atoms with Gasteiger partial charge in [-0.05, 0) is 49.9 Å². The van der Waals surface area contributed by atoms with E-state index in [9.17, 15) is 0 Å². The Morgan fingerprint density at radius 2 is 1.95 bits per heavy atom. The topological polar surface area (TPSA) is 24.5 Å². The van der Waals surface area contributed by atoms with Crippen molar-refractivity contribution in [2.24, 2.45) is 0 Å². The van der Waals surface area contributed by atoms with Crippen LogP contribution < -0.4 is 10.1 Å². The average molecular weight is 288 g/mol. The SMILES string of the molecule is COc1cccc(C2CC(NC3CCCC3)CN(C)C2)c1. The van der Waals surface area contributed by atoms with Gasteiger partial charge in [0.25, 0.3) is 0 Å². The van der Waals surface area contributed by atoms with Gasteiger partial charge < -0.3 is 15.0 Å². The standard InChI is InChI=1S/C18H28N2O/c1-20-12-15(14-6-5-9-18(11-14)21-2)10-17(13-20)19-16-7-3-4-8-16/h5-6,9,11,15-17,19H,3-4,7-8,10,12-13H2,1-2H3. The molecule has 1 saturated carbocycles. The Morgan fingerprint density at radius 3 is 2.71 bits per heavy atom. The number of likely N-dealkylation sites (tertiary alicyclic amines) is 1. The summed E-state index contributed by atoms with van der Waals surface area (Å²) in [4.78, 5) is 2.47. The van der Waals surface area contributed by atoms with Gasteiger partial charge >= 0.3 is 0 Å². The number of rotatable bonds is 4. The molecule has 1 N–H and O–H groups in total. The second kappa shape index (κ2) is 6.80. The van der Waals surface area contributed by atoms with E-state index in [4.69, 9.17) is 4.74 Å². The number of hydrogen-bond acceptors (Lipinski definition) is 3. The summed E-state index contributed by atoms with van der Waals surface area (Å²) < 4.78 is 5.38. The van der Waals surface area contributed by atoms with Crippen molar-refractivity contribution in [1.82, 2.24) is 10.2 Å². The van der Waals surface area contributed by atoms with Gasteiger partial charge in [-0.25, -0.2) is 0 Å². The minimum Gasteiger partial charge on any atom is -0.497 e. The van der Waals surface area contributed by atoms with Gasteiger partial charge in [-0.2, -0.15) is 0 Å². The first kappa shape index (κ1) is 14.9. The van der Waals surface area contributed by atoms with Crippen LogP contribution in [0.4, 0.5) is 0 Å². The fourth-order valence-corrected chi connectivity index (χ4v) is 4.00. The lowest BCUT2D eigenvalue weighted by atomic mass is 9.88. The molecule has 1 aromatic carbocycles. The molecule has 1 aromatic rings. The Kier molecular flexibility index (Phi) is 4.81. The summed E-state index contributed by atoms with van der Waals surface area (Å²) in [6.07, 6.45) is 6.78. The van der Waals surface area contributed by atoms with Gasteiger partial charge in [-0.1, -0.05) is 25.0 Å². The van der Waals surface area contributed by atoms with Gasteiger partial charge in [-0.15, -0.1) is 0 Å². The third-order valence-electron chi connectivity index (χ3n) is 5.02. The van der Waals surface area contributed by atoms with Crippen LogP contribution in [0.3, 0.4) is 0 Å². The summed E-state index contributed by atoms with van der Waals surface area (Å²) >= 11 is 0. The zero-order valence-electron chi connectivity index (χ0n) is 13.3. The van der Waals surface area contributed by atoms with Crippen molar-refractivity contribution in [3.8, 4) is 5.75 Å². The van der Waals surface area contributed by atoms with E-state index in [0.717, 1.165) is 18.3 Å². The lowest BCUT2D eigenvalue weighted by Gasteiger charge is -2.37. The molecule has 2 fully saturated rings. The third kappa shape index (κ3) is 3.78. The largest absolute Gasteiger partial charge is 0.497 e. The predicted octanol–water partition coefficient (Wildman–Crippen LogP) is 3.02. The van der Waals surface area contributed by atoms with Gasteiger partial charge in [0.05, 0.1) is 7.11 Å². The summed E-state index contributed by atoms with van der Waals surface area (Å²) in [6.45, 7) is 2.33. The van der Waals surface area contributed by atoms with Gasteiger partial charge in [0.15, 0.2) is 0 Å². The van der Waals surface area contributed by atoms with Crippen molar-refractivity contribution in [3.63, 3.8) is 0 Å². The van der Waals surface area contributed by atoms with Crippen LogP contribution in [-0.2, 0) is 0 Å². The first-order valence-corrected chi connectivity index (χ1v) is 8.33. The minimum absolute atomic E-state index is 0.609. The van der Waals surface area contributed by atoms with Crippen molar-refractivity contribution < 1.29 is 4.74 Å². The number of nitrogens with zero attached hydrogens (tertiary/aromatic N) is 1. The molecule has 1 saturated heterocycles. The summed E-state index contributed by atoms with van der Waals surface area (Å²) in [5, 5.41) is 3.90. The fourth-order valence-electron chi connectivity index (χ4n) is 4.00. The molecule has 1 heterocycles. The van der Waals surface area contributed by atoms with Crippen molar-refractivity contribution >= 4 is 0 Å². The maximum atomic E-state index is 5.38. The zero-order chi connectivity index (χ0) is 14.7. The zero-order valence-corrected chi connectivity index (χ0v) is 13.3. The first-order valence-electron chi connectivity index (χ1n) is 8.33. The molecule has 0 spiro atoms. The molecule has 0 bridgehead atoms. The molecule has 2 unspecified atom stereocenters. The van der Waals surface area contributed by atoms with Gasteiger partial charge in [-0.3, -0.25) is 0 Å². The second-order valence-corrected chi connectivity index (χ2v) is 6.78. The molecule has 2 aliphatic rings. The lowest BCUT2D eigenvalue weighted by Crippen LogP contribution is -2.49. The van der Waals surface area contributed by atoms with Crippen LogP contribution >= 0.6 is 0 Å². The maximum absolute atomic E-state index is 5.38. The van der Waals surface area contributed by atoms with E-state index in [1.54, 1.807) is 7.11 Å². The summed E-state index contributed by atoms with van der Waals surface area (Å²) in [5.41, 5.74) is 1.42. The van der Waals surface area contributed by atoms with Crippen LogP contribution in [0.1, 0.15) is 43.6 Å². The van der Waals surface area contributed by atoms with Gasteiger partial charge in [0.1, 0.15) is 5.75 Å². The van der Waals surface area contributed by atoms with Crippen LogP contribution in [0.5, 0.6) is 5.75 Å². The third-order valence-corrected chi connectivity index (χ3v) is 5.02. The number of ether oxygens (including phenoxy) is 1. The molecule has 0 amide bonds. The van der Waals surface area contributed by atoms with E-state index in [1.165, 1.54) is 44.2 Å². The number of piperidine rings is 1. The molecule has 21 heavy (non-hydrogen) atoms. The molecule has 3 rings (SSSR count). The molecule has 1 aliphatic heterocycles. The lowest BCUT2D eigenvalue weighted by molar-refractivity contribution is 0.195. The molecule has 3 nitrogen and oxygen atoms in total. The Labute approximate surface area is 128 Å². The van der Waals surface area contributed by atoms with E-state index < -0.39 is 0 Å². The van der Waals surface area contributed by atoms with E-state index in [0.29, 0.717) is 12.0 Å². The van der Waals surface area contributed by atoms with Crippen molar-refractivity contribution in [2.75, 3.05) is 27.2 Å². The Hall–Kier alpha value is -1.06. The van der Waals surface area contributed by atoms with E-state index in [2.05, 4.69) is 35.5 Å². The second-order valence-electron chi connectivity index (χ2n) is 6.78. The molecule has 1 aliphatic carbocycles. The summed E-state index contributed by atoms with van der Waals surface area (Å²) in [5.74, 6) is 1.58. The minimum atomic E-state index is 0.609. The van der Waals surface area contributed by atoms with E-state index >= 15 is 0 Å². The quantitative estimate of drug-likeness (QED) is 0.922. The molecule has 2 atom stereocenters. The molecule has 116 valence electrons. The number of methoxy groups -OCH3 is 1. The monoisotopic (exact) mass is 288 g/mol. The molecule has 0 radical (unpaired) electrons. The highest BCUT2D eigenvalue weighted by Gasteiger charge is 2.28. The van der Waals surface area contributed by atoms with Crippen LogP contribution in [0, 0.1) is 0 Å². The summed E-state index contributed by atoms with van der Waals surface area (Å²) in [7, 11) is 3.99. The normalized spacial score (nSPS) is 27.9. The number of hydrogen-bond donors (Lipinski definition) is 1. The average Bonchev–Trinajstić information content (AvgIpc) is 2.99. The predicted molar refractivity (Wildman–Crippen MR) is 87.0 cm³/mol. The smallest absolute Gasteiger partial charge is 0.119 e. The number of benzene rings is 1. The van der Waals surface area contributed by atoms with Crippen molar-refractivity contribution in [2.45, 2.75) is 50.1 Å². The Balaban J connectivity index is 1.66. The van der Waals surface area contributed by atoms with E-state index in [1.807, 2.05) is 6.07 Å². The summed E-state index contributed by atoms with van der Waals surface area (Å²) in [6, 6.07) is 9.98. The van der Waals surface area contributed by atoms with Crippen molar-refractivity contribution in [1.29, 1.82) is 0 Å². The Bertz CT molecular complexity index is 456. The fraction of sp³-hybridized carbons (Fsp3) is 0.667. The molecular formula is C18H28N2O. The maximum Gasteiger partial charge on any atom is 0.119 e. The molecular weight excluding hydrogens is 260 g/mol. The van der Waals surface area contributed by atoms with Crippen LogP contribution in [0.25, 0.3) is 0 Å². The van der Waals surface area contributed by atoms with Crippen molar-refractivity contribution in [3.05, 3.63) is 29.8 Å².